The van der Waals surface area contributed by atoms with Gasteiger partial charge in [-0.15, -0.1) is 0 Å². The van der Waals surface area contributed by atoms with Gasteiger partial charge in [-0.2, -0.15) is 11.3 Å². The number of aromatic nitrogens is 1. The first-order chi connectivity index (χ1) is 14.8. The molecule has 3 heterocycles. The van der Waals surface area contributed by atoms with Gasteiger partial charge in [0, 0.05) is 38.5 Å². The van der Waals surface area contributed by atoms with Crippen LogP contribution in [0.25, 0.3) is 0 Å². The van der Waals surface area contributed by atoms with Gasteiger partial charge in [0.15, 0.2) is 0 Å². The third-order valence-electron chi connectivity index (χ3n) is 5.16. The molecule has 0 radical (unpaired) electrons. The zero-order chi connectivity index (χ0) is 20.6. The molecule has 1 atom stereocenters. The first kappa shape index (κ1) is 20.6. The molecule has 0 bridgehead atoms. The molecule has 30 heavy (non-hydrogen) atoms. The average molecular weight is 423 g/mol. The molecule has 0 N–H and O–H groups in total. The molecule has 3 aromatic rings. The Labute approximate surface area is 181 Å². The van der Waals surface area contributed by atoms with Gasteiger partial charge < -0.3 is 14.4 Å². The van der Waals surface area contributed by atoms with Gasteiger partial charge in [-0.05, 0) is 65.1 Å². The number of thiophene rings is 1. The topological polar surface area (TPSA) is 51.7 Å². The van der Waals surface area contributed by atoms with Crippen molar-refractivity contribution in [2.75, 3.05) is 19.8 Å². The highest BCUT2D eigenvalue weighted by atomic mass is 32.1. The molecule has 6 heteroatoms. The van der Waals surface area contributed by atoms with Gasteiger partial charge >= 0.3 is 0 Å². The van der Waals surface area contributed by atoms with E-state index in [1.54, 1.807) is 29.8 Å². The van der Waals surface area contributed by atoms with Gasteiger partial charge in [0.25, 0.3) is 5.91 Å². The van der Waals surface area contributed by atoms with E-state index in [9.17, 15) is 4.79 Å². The maximum absolute atomic E-state index is 13.1. The first-order valence-electron chi connectivity index (χ1n) is 10.3. The largest absolute Gasteiger partial charge is 0.493 e. The van der Waals surface area contributed by atoms with Crippen molar-refractivity contribution in [1.82, 2.24) is 9.88 Å². The highest BCUT2D eigenvalue weighted by Crippen LogP contribution is 2.20. The summed E-state index contributed by atoms with van der Waals surface area (Å²) < 4.78 is 11.7. The van der Waals surface area contributed by atoms with E-state index >= 15 is 0 Å². The molecular formula is C24H26N2O3S. The van der Waals surface area contributed by atoms with Crippen molar-refractivity contribution < 1.29 is 14.3 Å². The highest BCUT2D eigenvalue weighted by Gasteiger charge is 2.24. The second kappa shape index (κ2) is 10.4. The number of benzene rings is 1. The Bertz CT molecular complexity index is 925. The summed E-state index contributed by atoms with van der Waals surface area (Å²) in [4.78, 5) is 19.1. The van der Waals surface area contributed by atoms with Gasteiger partial charge in [-0.25, -0.2) is 0 Å². The molecule has 0 unspecified atom stereocenters. The average Bonchev–Trinajstić information content (AvgIpc) is 3.48. The number of ether oxygens (including phenoxy) is 2. The van der Waals surface area contributed by atoms with E-state index in [0.29, 0.717) is 25.3 Å². The van der Waals surface area contributed by atoms with Crippen molar-refractivity contribution in [3.63, 3.8) is 0 Å². The van der Waals surface area contributed by atoms with Gasteiger partial charge in [0.1, 0.15) is 5.75 Å². The number of carbonyl (C=O) groups is 1. The van der Waals surface area contributed by atoms with Gasteiger partial charge in [0.05, 0.1) is 18.3 Å². The number of hydrogen-bond donors (Lipinski definition) is 0. The minimum absolute atomic E-state index is 0.0256. The Morgan fingerprint density at radius 3 is 2.97 bits per heavy atom. The molecule has 1 fully saturated rings. The second-order valence-corrected chi connectivity index (χ2v) is 8.22. The van der Waals surface area contributed by atoms with E-state index in [4.69, 9.17) is 9.47 Å². The molecule has 1 aliphatic rings. The predicted molar refractivity (Wildman–Crippen MR) is 118 cm³/mol. The fraction of sp³-hybridized carbons (Fsp3) is 0.333. The Morgan fingerprint density at radius 2 is 2.20 bits per heavy atom. The smallest absolute Gasteiger partial charge is 0.255 e. The molecule has 1 amide bonds. The van der Waals surface area contributed by atoms with E-state index in [-0.39, 0.29) is 12.0 Å². The first-order valence-corrected chi connectivity index (χ1v) is 11.3. The molecule has 156 valence electrons. The fourth-order valence-corrected chi connectivity index (χ4v) is 4.30. The summed E-state index contributed by atoms with van der Waals surface area (Å²) in [6.07, 6.45) is 6.32. The second-order valence-electron chi connectivity index (χ2n) is 7.44. The van der Waals surface area contributed by atoms with Crippen LogP contribution >= 0.6 is 11.3 Å². The van der Waals surface area contributed by atoms with Crippen LogP contribution in [0.1, 0.15) is 34.3 Å². The number of amides is 1. The molecule has 1 aliphatic heterocycles. The van der Waals surface area contributed by atoms with Crippen LogP contribution in [0.2, 0.25) is 0 Å². The van der Waals surface area contributed by atoms with Gasteiger partial charge in [-0.1, -0.05) is 12.1 Å². The van der Waals surface area contributed by atoms with Crippen molar-refractivity contribution in [3.05, 3.63) is 82.3 Å². The van der Waals surface area contributed by atoms with Crippen molar-refractivity contribution in [1.29, 1.82) is 0 Å². The number of carbonyl (C=O) groups excluding carboxylic acids is 1. The summed E-state index contributed by atoms with van der Waals surface area (Å²) in [6, 6.07) is 13.7. The number of rotatable bonds is 9. The summed E-state index contributed by atoms with van der Waals surface area (Å²) in [7, 11) is 0. The van der Waals surface area contributed by atoms with Crippen LogP contribution in [0.4, 0.5) is 0 Å². The van der Waals surface area contributed by atoms with Crippen LogP contribution < -0.4 is 4.74 Å². The maximum Gasteiger partial charge on any atom is 0.255 e. The van der Waals surface area contributed by atoms with E-state index in [1.807, 2.05) is 35.2 Å². The summed E-state index contributed by atoms with van der Waals surface area (Å²) >= 11 is 1.70. The molecule has 2 aromatic heterocycles. The monoisotopic (exact) mass is 422 g/mol. The molecule has 4 rings (SSSR count). The molecule has 0 spiro atoms. The molecule has 0 aliphatic carbocycles. The maximum atomic E-state index is 13.1. The quantitative estimate of drug-likeness (QED) is 0.506. The summed E-state index contributed by atoms with van der Waals surface area (Å²) in [6.45, 7) is 2.49. The number of hydrogen-bond acceptors (Lipinski definition) is 5. The lowest BCUT2D eigenvalue weighted by molar-refractivity contribution is 0.0507. The lowest BCUT2D eigenvalue weighted by atomic mass is 10.1. The Morgan fingerprint density at radius 1 is 1.23 bits per heavy atom. The van der Waals surface area contributed by atoms with Gasteiger partial charge in [0.2, 0.25) is 0 Å². The summed E-state index contributed by atoms with van der Waals surface area (Å²) in [5.74, 6) is 0.802. The highest BCUT2D eigenvalue weighted by molar-refractivity contribution is 7.07. The van der Waals surface area contributed by atoms with Crippen LogP contribution in [0.5, 0.6) is 5.75 Å². The van der Waals surface area contributed by atoms with Crippen molar-refractivity contribution in [3.8, 4) is 5.75 Å². The number of nitrogens with zero attached hydrogens (tertiary/aromatic N) is 2. The van der Waals surface area contributed by atoms with E-state index < -0.39 is 0 Å². The SMILES string of the molecule is O=C(c1cccnc1)N(Cc1cccc(OCCc2ccsc2)c1)C[C@H]1CCCO1. The van der Waals surface area contributed by atoms with Crippen LogP contribution in [0, 0.1) is 0 Å². The van der Waals surface area contributed by atoms with Crippen LogP contribution in [-0.4, -0.2) is 41.7 Å². The predicted octanol–water partition coefficient (Wildman–Crippen LogP) is 4.59. The Balaban J connectivity index is 1.42. The van der Waals surface area contributed by atoms with E-state index in [1.165, 1.54) is 5.56 Å². The zero-order valence-corrected chi connectivity index (χ0v) is 17.7. The molecule has 5 nitrogen and oxygen atoms in total. The summed E-state index contributed by atoms with van der Waals surface area (Å²) in [5, 5.41) is 4.23. The third kappa shape index (κ3) is 5.68. The number of pyridine rings is 1. The molecule has 1 aromatic carbocycles. The standard InChI is InChI=1S/C24H26N2O3S/c27-24(21-5-2-10-25-15-21)26(17-23-7-3-11-28-23)16-20-4-1-6-22(14-20)29-12-8-19-9-13-30-18-19/h1-2,4-6,9-10,13-15,18,23H,3,7-8,11-12,16-17H2/t23-/m1/s1. The normalized spacial score (nSPS) is 15.8. The minimum Gasteiger partial charge on any atom is -0.493 e. The molecule has 0 saturated carbocycles. The van der Waals surface area contributed by atoms with Crippen molar-refractivity contribution >= 4 is 17.2 Å². The lowest BCUT2D eigenvalue weighted by Crippen LogP contribution is -2.37. The van der Waals surface area contributed by atoms with E-state index in [0.717, 1.165) is 37.2 Å². The van der Waals surface area contributed by atoms with Crippen molar-refractivity contribution in [2.24, 2.45) is 0 Å². The van der Waals surface area contributed by atoms with Gasteiger partial charge in [-0.3, -0.25) is 9.78 Å². The minimum atomic E-state index is -0.0256. The Kier molecular flexibility index (Phi) is 7.11. The Hall–Kier alpha value is -2.70. The summed E-state index contributed by atoms with van der Waals surface area (Å²) in [5.41, 5.74) is 2.93. The van der Waals surface area contributed by atoms with Crippen LogP contribution in [0.3, 0.4) is 0 Å². The lowest BCUT2D eigenvalue weighted by Gasteiger charge is -2.26. The van der Waals surface area contributed by atoms with E-state index in [2.05, 4.69) is 21.8 Å². The molecule has 1 saturated heterocycles. The third-order valence-corrected chi connectivity index (χ3v) is 5.89. The molecular weight excluding hydrogens is 396 g/mol. The zero-order valence-electron chi connectivity index (χ0n) is 16.9. The van der Waals surface area contributed by atoms with Crippen LogP contribution in [0.15, 0.2) is 65.6 Å². The van der Waals surface area contributed by atoms with Crippen LogP contribution in [-0.2, 0) is 17.7 Å². The fourth-order valence-electron chi connectivity index (χ4n) is 3.60. The van der Waals surface area contributed by atoms with Crippen molar-refractivity contribution in [2.45, 2.75) is 31.9 Å².